The lowest BCUT2D eigenvalue weighted by atomic mass is 10.1. The van der Waals surface area contributed by atoms with Crippen molar-refractivity contribution in [3.63, 3.8) is 0 Å². The van der Waals surface area contributed by atoms with Gasteiger partial charge in [0.05, 0.1) is 19.1 Å². The Balaban J connectivity index is 1.90. The summed E-state index contributed by atoms with van der Waals surface area (Å²) in [5.74, 6) is -1.44. The molecule has 2 rings (SSSR count). The highest BCUT2D eigenvalue weighted by Gasteiger charge is 2.12. The molecule has 0 bridgehead atoms. The molecule has 0 atom stereocenters. The summed E-state index contributed by atoms with van der Waals surface area (Å²) in [6.07, 6.45) is 0.133. The number of hydrogen-bond acceptors (Lipinski definition) is 6. The molecule has 0 fully saturated rings. The van der Waals surface area contributed by atoms with Crippen molar-refractivity contribution in [2.75, 3.05) is 19.0 Å². The maximum atomic E-state index is 11.9. The molecular weight excluding hydrogens is 330 g/mol. The summed E-state index contributed by atoms with van der Waals surface area (Å²) in [4.78, 5) is 35.1. The molecule has 0 aliphatic carbocycles. The van der Waals surface area contributed by atoms with Crippen LogP contribution >= 0.6 is 11.3 Å². The number of rotatable bonds is 6. The van der Waals surface area contributed by atoms with Gasteiger partial charge in [-0.3, -0.25) is 9.59 Å². The number of esters is 2. The number of thiophene rings is 1. The SMILES string of the molecule is COC(=O)c1ccc(C)c(NC(=O)COC(=O)Cc2ccsc2)c1. The molecular formula is C17H17NO5S. The van der Waals surface area contributed by atoms with Gasteiger partial charge in [0.1, 0.15) is 0 Å². The molecule has 0 unspecified atom stereocenters. The van der Waals surface area contributed by atoms with E-state index in [1.54, 1.807) is 19.1 Å². The second-order valence-corrected chi connectivity index (χ2v) is 5.82. The van der Waals surface area contributed by atoms with Crippen molar-refractivity contribution in [1.82, 2.24) is 0 Å². The molecule has 1 amide bonds. The highest BCUT2D eigenvalue weighted by Crippen LogP contribution is 2.17. The third kappa shape index (κ3) is 4.92. The van der Waals surface area contributed by atoms with Crippen LogP contribution in [0.3, 0.4) is 0 Å². The van der Waals surface area contributed by atoms with Crippen molar-refractivity contribution >= 4 is 34.9 Å². The molecule has 0 spiro atoms. The first-order valence-corrected chi connectivity index (χ1v) is 8.09. The summed E-state index contributed by atoms with van der Waals surface area (Å²) >= 11 is 1.49. The first-order valence-electron chi connectivity index (χ1n) is 7.15. The fourth-order valence-electron chi connectivity index (χ4n) is 1.94. The van der Waals surface area contributed by atoms with E-state index in [1.807, 2.05) is 16.8 Å². The van der Waals surface area contributed by atoms with E-state index >= 15 is 0 Å². The van der Waals surface area contributed by atoms with E-state index in [9.17, 15) is 14.4 Å². The Bertz CT molecular complexity index is 739. The number of nitrogens with one attached hydrogen (secondary N) is 1. The minimum Gasteiger partial charge on any atom is -0.465 e. The standard InChI is InChI=1S/C17H17NO5S/c1-11-3-4-13(17(21)22-2)8-14(11)18-15(19)9-23-16(20)7-12-5-6-24-10-12/h3-6,8,10H,7,9H2,1-2H3,(H,18,19). The number of aryl methyl sites for hydroxylation is 1. The van der Waals surface area contributed by atoms with Crippen LogP contribution in [0.1, 0.15) is 21.5 Å². The molecule has 126 valence electrons. The molecule has 24 heavy (non-hydrogen) atoms. The molecule has 0 saturated carbocycles. The van der Waals surface area contributed by atoms with Gasteiger partial charge in [-0.15, -0.1) is 0 Å². The Hall–Kier alpha value is -2.67. The van der Waals surface area contributed by atoms with Gasteiger partial charge in [-0.1, -0.05) is 6.07 Å². The van der Waals surface area contributed by atoms with Crippen LogP contribution in [0.5, 0.6) is 0 Å². The van der Waals surface area contributed by atoms with Gasteiger partial charge in [0.2, 0.25) is 0 Å². The predicted octanol–water partition coefficient (Wildman–Crippen LogP) is 2.57. The number of benzene rings is 1. The summed E-state index contributed by atoms with van der Waals surface area (Å²) in [7, 11) is 1.29. The fraction of sp³-hybridized carbons (Fsp3) is 0.235. The lowest BCUT2D eigenvalue weighted by Gasteiger charge is -2.10. The lowest BCUT2D eigenvalue weighted by Crippen LogP contribution is -2.22. The third-order valence-corrected chi connectivity index (χ3v) is 3.96. The summed E-state index contributed by atoms with van der Waals surface area (Å²) in [5, 5.41) is 6.34. The predicted molar refractivity (Wildman–Crippen MR) is 90.1 cm³/mol. The average Bonchev–Trinajstić information content (AvgIpc) is 3.07. The van der Waals surface area contributed by atoms with Crippen molar-refractivity contribution in [3.05, 3.63) is 51.7 Å². The summed E-state index contributed by atoms with van der Waals surface area (Å²) in [6.45, 7) is 1.41. The zero-order valence-corrected chi connectivity index (χ0v) is 14.1. The monoisotopic (exact) mass is 347 g/mol. The topological polar surface area (TPSA) is 81.7 Å². The van der Waals surface area contributed by atoms with Crippen molar-refractivity contribution in [3.8, 4) is 0 Å². The number of amides is 1. The van der Waals surface area contributed by atoms with Crippen LogP contribution in [0.15, 0.2) is 35.0 Å². The number of methoxy groups -OCH3 is 1. The van der Waals surface area contributed by atoms with Crippen molar-refractivity contribution in [2.24, 2.45) is 0 Å². The van der Waals surface area contributed by atoms with E-state index < -0.39 is 17.8 Å². The van der Waals surface area contributed by atoms with Crippen LogP contribution in [0.25, 0.3) is 0 Å². The average molecular weight is 347 g/mol. The van der Waals surface area contributed by atoms with Gasteiger partial charge in [0, 0.05) is 5.69 Å². The van der Waals surface area contributed by atoms with Crippen LogP contribution in [0.4, 0.5) is 5.69 Å². The minimum atomic E-state index is -0.493. The molecule has 1 heterocycles. The van der Waals surface area contributed by atoms with Crippen molar-refractivity contribution < 1.29 is 23.9 Å². The number of ether oxygens (including phenoxy) is 2. The van der Waals surface area contributed by atoms with E-state index in [0.717, 1.165) is 11.1 Å². The molecule has 1 N–H and O–H groups in total. The Morgan fingerprint density at radius 1 is 1.21 bits per heavy atom. The summed E-state index contributed by atoms with van der Waals surface area (Å²) in [5.41, 5.74) is 2.43. The van der Waals surface area contributed by atoms with Crippen LogP contribution in [-0.2, 0) is 25.5 Å². The Kier molecular flexibility index (Phi) is 6.08. The minimum absolute atomic E-state index is 0.133. The number of hydrogen-bond donors (Lipinski definition) is 1. The molecule has 0 aliphatic rings. The number of anilines is 1. The van der Waals surface area contributed by atoms with Crippen molar-refractivity contribution in [1.29, 1.82) is 0 Å². The normalized spacial score (nSPS) is 10.1. The Morgan fingerprint density at radius 3 is 2.67 bits per heavy atom. The Morgan fingerprint density at radius 2 is 2.00 bits per heavy atom. The van der Waals surface area contributed by atoms with Gasteiger partial charge >= 0.3 is 11.9 Å². The van der Waals surface area contributed by atoms with E-state index in [1.165, 1.54) is 24.5 Å². The first kappa shape index (κ1) is 17.7. The van der Waals surface area contributed by atoms with Crippen LogP contribution in [0, 0.1) is 6.92 Å². The van der Waals surface area contributed by atoms with Crippen molar-refractivity contribution in [2.45, 2.75) is 13.3 Å². The van der Waals surface area contributed by atoms with Gasteiger partial charge < -0.3 is 14.8 Å². The number of carbonyl (C=O) groups is 3. The van der Waals surface area contributed by atoms with Gasteiger partial charge in [-0.2, -0.15) is 11.3 Å². The molecule has 0 saturated heterocycles. The molecule has 7 heteroatoms. The molecule has 0 aliphatic heterocycles. The van der Waals surface area contributed by atoms with E-state index in [-0.39, 0.29) is 13.0 Å². The molecule has 2 aromatic rings. The van der Waals surface area contributed by atoms with Gasteiger partial charge in [-0.25, -0.2) is 4.79 Å². The first-order chi connectivity index (χ1) is 11.5. The smallest absolute Gasteiger partial charge is 0.337 e. The second kappa shape index (κ2) is 8.26. The molecule has 6 nitrogen and oxygen atoms in total. The zero-order chi connectivity index (χ0) is 17.5. The van der Waals surface area contributed by atoms with E-state index in [2.05, 4.69) is 10.1 Å². The van der Waals surface area contributed by atoms with E-state index in [4.69, 9.17) is 4.74 Å². The lowest BCUT2D eigenvalue weighted by molar-refractivity contribution is -0.146. The van der Waals surface area contributed by atoms with E-state index in [0.29, 0.717) is 11.3 Å². The maximum Gasteiger partial charge on any atom is 0.337 e. The largest absolute Gasteiger partial charge is 0.465 e. The van der Waals surface area contributed by atoms with Crippen LogP contribution in [-0.4, -0.2) is 31.6 Å². The highest BCUT2D eigenvalue weighted by atomic mass is 32.1. The maximum absolute atomic E-state index is 11.9. The summed E-state index contributed by atoms with van der Waals surface area (Å²) < 4.78 is 9.59. The fourth-order valence-corrected chi connectivity index (χ4v) is 2.61. The summed E-state index contributed by atoms with van der Waals surface area (Å²) in [6, 6.07) is 6.65. The highest BCUT2D eigenvalue weighted by molar-refractivity contribution is 7.07. The van der Waals surface area contributed by atoms with Gasteiger partial charge in [0.15, 0.2) is 6.61 Å². The molecule has 1 aromatic heterocycles. The quantitative estimate of drug-likeness (QED) is 0.812. The number of carbonyl (C=O) groups excluding carboxylic acids is 3. The molecule has 0 radical (unpaired) electrons. The van der Waals surface area contributed by atoms with Crippen LogP contribution in [0.2, 0.25) is 0 Å². The van der Waals surface area contributed by atoms with Crippen LogP contribution < -0.4 is 5.32 Å². The van der Waals surface area contributed by atoms with Gasteiger partial charge in [0.25, 0.3) is 5.91 Å². The third-order valence-electron chi connectivity index (χ3n) is 3.23. The molecule has 1 aromatic carbocycles. The second-order valence-electron chi connectivity index (χ2n) is 5.04. The van der Waals surface area contributed by atoms with Gasteiger partial charge in [-0.05, 0) is 47.0 Å². The Labute approximate surface area is 143 Å². The zero-order valence-electron chi connectivity index (χ0n) is 13.3.